The number of hydrogen-bond acceptors (Lipinski definition) is 6. The van der Waals surface area contributed by atoms with E-state index < -0.39 is 5.97 Å². The molecule has 27 heavy (non-hydrogen) atoms. The van der Waals surface area contributed by atoms with E-state index in [4.69, 9.17) is 9.26 Å². The van der Waals surface area contributed by atoms with Crippen LogP contribution in [0.3, 0.4) is 0 Å². The van der Waals surface area contributed by atoms with Gasteiger partial charge in [-0.25, -0.2) is 4.79 Å². The number of nitrogens with zero attached hydrogens (tertiary/aromatic N) is 2. The molecule has 0 saturated carbocycles. The summed E-state index contributed by atoms with van der Waals surface area (Å²) in [6.07, 6.45) is 0.344. The zero-order valence-corrected chi connectivity index (χ0v) is 14.8. The number of amides is 1. The zero-order chi connectivity index (χ0) is 19.1. The summed E-state index contributed by atoms with van der Waals surface area (Å²) >= 11 is 0. The van der Waals surface area contributed by atoms with Gasteiger partial charge in [-0.05, 0) is 30.2 Å². The first-order chi connectivity index (χ1) is 13.2. The lowest BCUT2D eigenvalue weighted by Crippen LogP contribution is -2.25. The van der Waals surface area contributed by atoms with Gasteiger partial charge in [0.15, 0.2) is 5.82 Å². The summed E-state index contributed by atoms with van der Waals surface area (Å²) in [5.41, 5.74) is 2.71. The Bertz CT molecular complexity index is 904. The van der Waals surface area contributed by atoms with Crippen LogP contribution in [0.25, 0.3) is 11.1 Å². The van der Waals surface area contributed by atoms with Crippen molar-refractivity contribution in [3.8, 4) is 11.1 Å². The van der Waals surface area contributed by atoms with Crippen molar-refractivity contribution in [3.63, 3.8) is 0 Å². The Morgan fingerprint density at radius 2 is 1.74 bits per heavy atom. The Hall–Kier alpha value is -3.48. The first-order valence-electron chi connectivity index (χ1n) is 8.60. The third kappa shape index (κ3) is 4.78. The van der Waals surface area contributed by atoms with Crippen LogP contribution in [0, 0.1) is 0 Å². The second-order valence-corrected chi connectivity index (χ2v) is 5.69. The molecular formula is C20H19N3O4. The summed E-state index contributed by atoms with van der Waals surface area (Å²) in [7, 11) is 0. The first-order valence-corrected chi connectivity index (χ1v) is 8.60. The minimum absolute atomic E-state index is 0.185. The quantitative estimate of drug-likeness (QED) is 0.647. The number of esters is 1. The molecule has 0 spiro atoms. The van der Waals surface area contributed by atoms with Gasteiger partial charge in [0.2, 0.25) is 0 Å². The summed E-state index contributed by atoms with van der Waals surface area (Å²) < 4.78 is 9.61. The molecule has 1 N–H and O–H groups in total. The second-order valence-electron chi connectivity index (χ2n) is 5.69. The molecule has 7 heteroatoms. The number of ether oxygens (including phenoxy) is 1. The Morgan fingerprint density at radius 3 is 2.44 bits per heavy atom. The van der Waals surface area contributed by atoms with Gasteiger partial charge in [0.1, 0.15) is 0 Å². The van der Waals surface area contributed by atoms with Crippen LogP contribution in [0.15, 0.2) is 59.1 Å². The maximum Gasteiger partial charge on any atom is 0.397 e. The minimum atomic E-state index is -0.654. The maximum atomic E-state index is 12.2. The van der Waals surface area contributed by atoms with Crippen molar-refractivity contribution in [2.75, 3.05) is 13.2 Å². The van der Waals surface area contributed by atoms with Crippen LogP contribution >= 0.6 is 0 Å². The molecule has 1 aromatic heterocycles. The lowest BCUT2D eigenvalue weighted by Gasteiger charge is -2.05. The fourth-order valence-corrected chi connectivity index (χ4v) is 2.47. The number of hydrogen-bond donors (Lipinski definition) is 1. The zero-order valence-electron chi connectivity index (χ0n) is 14.8. The number of carbonyl (C=O) groups is 2. The number of rotatable bonds is 7. The van der Waals surface area contributed by atoms with Crippen LogP contribution < -0.4 is 5.32 Å². The highest BCUT2D eigenvalue weighted by atomic mass is 16.6. The van der Waals surface area contributed by atoms with Crippen molar-refractivity contribution in [2.45, 2.75) is 13.3 Å². The lowest BCUT2D eigenvalue weighted by atomic mass is 10.0. The first kappa shape index (κ1) is 18.3. The summed E-state index contributed by atoms with van der Waals surface area (Å²) in [5.74, 6) is -0.699. The van der Waals surface area contributed by atoms with Gasteiger partial charge in [0, 0.05) is 18.5 Å². The second kappa shape index (κ2) is 8.75. The SMILES string of the molecule is CCOC(=O)c1nc(CCNC(=O)c2ccc(-c3ccccc3)cc2)no1. The van der Waals surface area contributed by atoms with E-state index in [2.05, 4.69) is 15.5 Å². The van der Waals surface area contributed by atoms with Gasteiger partial charge in [-0.2, -0.15) is 4.98 Å². The summed E-state index contributed by atoms with van der Waals surface area (Å²) in [4.78, 5) is 27.6. The molecule has 0 aliphatic carbocycles. The van der Waals surface area contributed by atoms with E-state index in [1.807, 2.05) is 42.5 Å². The van der Waals surface area contributed by atoms with E-state index >= 15 is 0 Å². The fourth-order valence-electron chi connectivity index (χ4n) is 2.47. The van der Waals surface area contributed by atoms with E-state index in [1.165, 1.54) is 0 Å². The van der Waals surface area contributed by atoms with Crippen LogP contribution in [0.2, 0.25) is 0 Å². The maximum absolute atomic E-state index is 12.2. The topological polar surface area (TPSA) is 94.3 Å². The van der Waals surface area contributed by atoms with Gasteiger partial charge in [-0.3, -0.25) is 4.79 Å². The van der Waals surface area contributed by atoms with E-state index in [1.54, 1.807) is 19.1 Å². The molecule has 3 rings (SSSR count). The normalized spacial score (nSPS) is 10.4. The predicted molar refractivity (Wildman–Crippen MR) is 98.2 cm³/mol. The number of carbonyl (C=O) groups excluding carboxylic acids is 2. The van der Waals surface area contributed by atoms with Gasteiger partial charge in [-0.1, -0.05) is 47.6 Å². The van der Waals surface area contributed by atoms with Crippen molar-refractivity contribution >= 4 is 11.9 Å². The van der Waals surface area contributed by atoms with Crippen molar-refractivity contribution in [1.29, 1.82) is 0 Å². The molecule has 0 radical (unpaired) electrons. The van der Waals surface area contributed by atoms with Crippen LogP contribution in [-0.4, -0.2) is 35.2 Å². The fraction of sp³-hybridized carbons (Fsp3) is 0.200. The highest BCUT2D eigenvalue weighted by Gasteiger charge is 2.16. The molecule has 2 aromatic carbocycles. The van der Waals surface area contributed by atoms with E-state index in [9.17, 15) is 9.59 Å². The molecule has 1 heterocycles. The Balaban J connectivity index is 1.51. The minimum Gasteiger partial charge on any atom is -0.459 e. The summed E-state index contributed by atoms with van der Waals surface area (Å²) in [5, 5.41) is 6.49. The van der Waals surface area contributed by atoms with E-state index in [-0.39, 0.29) is 18.4 Å². The molecule has 1 amide bonds. The van der Waals surface area contributed by atoms with Crippen LogP contribution in [-0.2, 0) is 11.2 Å². The molecule has 3 aromatic rings. The van der Waals surface area contributed by atoms with Gasteiger partial charge >= 0.3 is 11.9 Å². The molecule has 138 valence electrons. The highest BCUT2D eigenvalue weighted by Crippen LogP contribution is 2.19. The van der Waals surface area contributed by atoms with Crippen LogP contribution in [0.1, 0.15) is 33.8 Å². The van der Waals surface area contributed by atoms with Gasteiger partial charge in [0.05, 0.1) is 6.61 Å². The summed E-state index contributed by atoms with van der Waals surface area (Å²) in [6, 6.07) is 17.3. The molecule has 0 aliphatic heterocycles. The van der Waals surface area contributed by atoms with Gasteiger partial charge < -0.3 is 14.6 Å². The van der Waals surface area contributed by atoms with Crippen molar-refractivity contribution < 1.29 is 18.8 Å². The molecule has 0 aliphatic rings. The monoisotopic (exact) mass is 365 g/mol. The molecule has 7 nitrogen and oxygen atoms in total. The summed E-state index contributed by atoms with van der Waals surface area (Å²) in [6.45, 7) is 2.24. The molecule has 0 atom stereocenters. The van der Waals surface area contributed by atoms with Crippen molar-refractivity contribution in [2.24, 2.45) is 0 Å². The average molecular weight is 365 g/mol. The van der Waals surface area contributed by atoms with Crippen LogP contribution in [0.5, 0.6) is 0 Å². The van der Waals surface area contributed by atoms with Crippen molar-refractivity contribution in [3.05, 3.63) is 71.9 Å². The molecule has 0 saturated heterocycles. The molecule has 0 fully saturated rings. The Labute approximate surface area is 156 Å². The molecular weight excluding hydrogens is 346 g/mol. The standard InChI is InChI=1S/C20H19N3O4/c1-2-26-20(25)19-22-17(23-27-19)12-13-21-18(24)16-10-8-15(9-11-16)14-6-4-3-5-7-14/h3-11H,2,12-13H2,1H3,(H,21,24). The Kier molecular flexibility index (Phi) is 5.94. The Morgan fingerprint density at radius 1 is 1.04 bits per heavy atom. The number of benzene rings is 2. The predicted octanol–water partition coefficient (Wildman–Crippen LogP) is 2.89. The highest BCUT2D eigenvalue weighted by molar-refractivity contribution is 5.94. The largest absolute Gasteiger partial charge is 0.459 e. The lowest BCUT2D eigenvalue weighted by molar-refractivity contribution is 0.0470. The number of aromatic nitrogens is 2. The third-order valence-corrected chi connectivity index (χ3v) is 3.81. The van der Waals surface area contributed by atoms with Gasteiger partial charge in [0.25, 0.3) is 5.91 Å². The number of nitrogens with one attached hydrogen (secondary N) is 1. The van der Waals surface area contributed by atoms with Gasteiger partial charge in [-0.15, -0.1) is 0 Å². The third-order valence-electron chi connectivity index (χ3n) is 3.81. The van der Waals surface area contributed by atoms with Crippen molar-refractivity contribution in [1.82, 2.24) is 15.5 Å². The molecule has 0 unspecified atom stereocenters. The molecule has 0 bridgehead atoms. The smallest absolute Gasteiger partial charge is 0.397 e. The van der Waals surface area contributed by atoms with E-state index in [0.29, 0.717) is 24.4 Å². The van der Waals surface area contributed by atoms with Crippen LogP contribution in [0.4, 0.5) is 0 Å². The van der Waals surface area contributed by atoms with E-state index in [0.717, 1.165) is 11.1 Å². The average Bonchev–Trinajstić information content (AvgIpc) is 3.18.